The van der Waals surface area contributed by atoms with E-state index in [1.807, 2.05) is 0 Å². The lowest BCUT2D eigenvalue weighted by Gasteiger charge is -2.01. The Hall–Kier alpha value is -2.11. The van der Waals surface area contributed by atoms with Crippen LogP contribution in [-0.4, -0.2) is 27.6 Å². The van der Waals surface area contributed by atoms with Gasteiger partial charge < -0.3 is 15.0 Å². The number of rotatable bonds is 1. The van der Waals surface area contributed by atoms with E-state index in [1.165, 1.54) is 7.11 Å². The molecule has 0 saturated carbocycles. The maximum absolute atomic E-state index is 11.5. The summed E-state index contributed by atoms with van der Waals surface area (Å²) in [5, 5.41) is 0. The molecule has 2 aromatic rings. The van der Waals surface area contributed by atoms with Crippen LogP contribution in [0.3, 0.4) is 0 Å². The van der Waals surface area contributed by atoms with Crippen molar-refractivity contribution >= 4 is 22.7 Å². The highest BCUT2D eigenvalue weighted by atomic mass is 16.5. The van der Waals surface area contributed by atoms with E-state index in [0.29, 0.717) is 28.2 Å². The van der Waals surface area contributed by atoms with E-state index in [1.54, 1.807) is 24.7 Å². The van der Waals surface area contributed by atoms with E-state index >= 15 is 0 Å². The molecule has 2 rings (SSSR count). The highest BCUT2D eigenvalue weighted by Gasteiger charge is 2.20. The molecule has 2 N–H and O–H groups in total. The number of hydrogen-bond acceptors (Lipinski definition) is 5. The molecule has 0 amide bonds. The van der Waals surface area contributed by atoms with E-state index in [4.69, 9.17) is 5.73 Å². The molecule has 0 unspecified atom stereocenters. The van der Waals surface area contributed by atoms with Crippen LogP contribution in [0, 0.1) is 6.92 Å². The van der Waals surface area contributed by atoms with Crippen LogP contribution >= 0.6 is 0 Å². The predicted molar refractivity (Wildman–Crippen MR) is 59.0 cm³/mol. The number of nitrogen functional groups attached to an aromatic ring is 1. The van der Waals surface area contributed by atoms with E-state index in [9.17, 15) is 4.79 Å². The molecule has 2 aromatic heterocycles. The van der Waals surface area contributed by atoms with Crippen molar-refractivity contribution in [2.75, 3.05) is 12.8 Å². The molecule has 0 bridgehead atoms. The van der Waals surface area contributed by atoms with Gasteiger partial charge in [0.15, 0.2) is 5.69 Å². The lowest BCUT2D eigenvalue weighted by atomic mass is 10.3. The fourth-order valence-electron chi connectivity index (χ4n) is 1.66. The van der Waals surface area contributed by atoms with Crippen LogP contribution in [0.25, 0.3) is 11.0 Å². The first-order chi connectivity index (χ1) is 7.56. The van der Waals surface area contributed by atoms with Gasteiger partial charge in [-0.3, -0.25) is 0 Å². The summed E-state index contributed by atoms with van der Waals surface area (Å²) in [5.74, 6) is 0.136. The molecule has 0 radical (unpaired) electrons. The molecule has 6 nitrogen and oxygen atoms in total. The average molecular weight is 220 g/mol. The summed E-state index contributed by atoms with van der Waals surface area (Å²) >= 11 is 0. The van der Waals surface area contributed by atoms with Gasteiger partial charge in [-0.2, -0.15) is 0 Å². The topological polar surface area (TPSA) is 83.0 Å². The molecule has 0 aliphatic rings. The summed E-state index contributed by atoms with van der Waals surface area (Å²) < 4.78 is 6.30. The van der Waals surface area contributed by atoms with Crippen LogP contribution in [0.1, 0.15) is 16.3 Å². The molecule has 0 atom stereocenters. The van der Waals surface area contributed by atoms with Crippen molar-refractivity contribution in [1.29, 1.82) is 0 Å². The first kappa shape index (κ1) is 10.4. The number of aryl methyl sites for hydroxylation is 2. The van der Waals surface area contributed by atoms with Crippen molar-refractivity contribution in [1.82, 2.24) is 14.5 Å². The van der Waals surface area contributed by atoms with Gasteiger partial charge in [0.05, 0.1) is 24.5 Å². The van der Waals surface area contributed by atoms with Crippen LogP contribution in [0.15, 0.2) is 6.20 Å². The van der Waals surface area contributed by atoms with Crippen molar-refractivity contribution in [3.05, 3.63) is 17.7 Å². The molecule has 0 fully saturated rings. The molecule has 84 valence electrons. The summed E-state index contributed by atoms with van der Waals surface area (Å²) in [7, 11) is 3.04. The third-order valence-corrected chi connectivity index (χ3v) is 2.48. The number of nitrogens with zero attached hydrogens (tertiary/aromatic N) is 3. The van der Waals surface area contributed by atoms with E-state index in [2.05, 4.69) is 14.7 Å². The maximum Gasteiger partial charge on any atom is 0.356 e. The first-order valence-electron chi connectivity index (χ1n) is 4.72. The number of aromatic nitrogens is 3. The average Bonchev–Trinajstić information content (AvgIpc) is 2.51. The lowest BCUT2D eigenvalue weighted by Crippen LogP contribution is -2.09. The summed E-state index contributed by atoms with van der Waals surface area (Å²) in [6.45, 7) is 1.77. The Bertz CT molecular complexity index is 574. The van der Waals surface area contributed by atoms with Gasteiger partial charge in [-0.15, -0.1) is 0 Å². The Labute approximate surface area is 92.0 Å². The zero-order chi connectivity index (χ0) is 11.9. The SMILES string of the molecule is COC(=O)c1c(N)c2nc(C)ncc2n1C. The third-order valence-electron chi connectivity index (χ3n) is 2.48. The largest absolute Gasteiger partial charge is 0.464 e. The Morgan fingerprint density at radius 1 is 1.56 bits per heavy atom. The Morgan fingerprint density at radius 3 is 2.88 bits per heavy atom. The molecule has 6 heteroatoms. The van der Waals surface area contributed by atoms with Gasteiger partial charge >= 0.3 is 5.97 Å². The number of anilines is 1. The smallest absolute Gasteiger partial charge is 0.356 e. The number of carbonyl (C=O) groups excluding carboxylic acids is 1. The first-order valence-corrected chi connectivity index (χ1v) is 4.72. The minimum atomic E-state index is -0.476. The summed E-state index contributed by atoms with van der Waals surface area (Å²) in [4.78, 5) is 19.8. The van der Waals surface area contributed by atoms with Crippen LogP contribution < -0.4 is 5.73 Å². The zero-order valence-corrected chi connectivity index (χ0v) is 9.31. The highest BCUT2D eigenvalue weighted by Crippen LogP contribution is 2.25. The van der Waals surface area contributed by atoms with E-state index in [0.717, 1.165) is 0 Å². The monoisotopic (exact) mass is 220 g/mol. The molecule has 0 aliphatic carbocycles. The molecule has 2 heterocycles. The number of hydrogen-bond donors (Lipinski definition) is 1. The van der Waals surface area contributed by atoms with E-state index < -0.39 is 5.97 Å². The predicted octanol–water partition coefficient (Wildman–Crippen LogP) is 0.646. The van der Waals surface area contributed by atoms with Crippen LogP contribution in [-0.2, 0) is 11.8 Å². The lowest BCUT2D eigenvalue weighted by molar-refractivity contribution is 0.0592. The Balaban J connectivity index is 2.81. The number of fused-ring (bicyclic) bond motifs is 1. The number of ether oxygens (including phenoxy) is 1. The quantitative estimate of drug-likeness (QED) is 0.713. The second-order valence-corrected chi connectivity index (χ2v) is 3.46. The van der Waals surface area contributed by atoms with Crippen molar-refractivity contribution in [3.63, 3.8) is 0 Å². The van der Waals surface area contributed by atoms with E-state index in [-0.39, 0.29) is 0 Å². The Kier molecular flexibility index (Phi) is 2.26. The number of nitrogens with two attached hydrogens (primary N) is 1. The summed E-state index contributed by atoms with van der Waals surface area (Å²) in [6.07, 6.45) is 1.64. The van der Waals surface area contributed by atoms with Crippen LogP contribution in [0.5, 0.6) is 0 Å². The second-order valence-electron chi connectivity index (χ2n) is 3.46. The fourth-order valence-corrected chi connectivity index (χ4v) is 1.66. The minimum Gasteiger partial charge on any atom is -0.464 e. The standard InChI is InChI=1S/C10H12N4O2/c1-5-12-4-6-8(13-5)7(11)9(14(6)2)10(15)16-3/h4H,11H2,1-3H3. The zero-order valence-electron chi connectivity index (χ0n) is 9.31. The van der Waals surface area contributed by atoms with Crippen molar-refractivity contribution in [2.24, 2.45) is 7.05 Å². The molecule has 0 saturated heterocycles. The molecule has 0 spiro atoms. The number of esters is 1. The van der Waals surface area contributed by atoms with Gasteiger partial charge in [0.2, 0.25) is 0 Å². The molecular weight excluding hydrogens is 208 g/mol. The van der Waals surface area contributed by atoms with Crippen molar-refractivity contribution in [3.8, 4) is 0 Å². The summed E-state index contributed by atoms with van der Waals surface area (Å²) in [6, 6.07) is 0. The summed E-state index contributed by atoms with van der Waals surface area (Å²) in [5.41, 5.74) is 7.80. The van der Waals surface area contributed by atoms with Crippen molar-refractivity contribution < 1.29 is 9.53 Å². The molecule has 0 aliphatic heterocycles. The van der Waals surface area contributed by atoms with Crippen LogP contribution in [0.4, 0.5) is 5.69 Å². The van der Waals surface area contributed by atoms with Gasteiger partial charge in [-0.05, 0) is 6.92 Å². The van der Waals surface area contributed by atoms with Crippen molar-refractivity contribution in [2.45, 2.75) is 6.92 Å². The number of methoxy groups -OCH3 is 1. The third kappa shape index (κ3) is 1.30. The highest BCUT2D eigenvalue weighted by molar-refractivity contribution is 6.04. The van der Waals surface area contributed by atoms with Gasteiger partial charge in [0.25, 0.3) is 0 Å². The fraction of sp³-hybridized carbons (Fsp3) is 0.300. The van der Waals surface area contributed by atoms with Gasteiger partial charge in [-0.25, -0.2) is 14.8 Å². The van der Waals surface area contributed by atoms with Gasteiger partial charge in [-0.1, -0.05) is 0 Å². The molecule has 16 heavy (non-hydrogen) atoms. The normalized spacial score (nSPS) is 10.7. The van der Waals surface area contributed by atoms with Gasteiger partial charge in [0, 0.05) is 7.05 Å². The minimum absolute atomic E-state index is 0.303. The number of carbonyl (C=O) groups is 1. The molecular formula is C10H12N4O2. The molecule has 0 aromatic carbocycles. The van der Waals surface area contributed by atoms with Gasteiger partial charge in [0.1, 0.15) is 11.3 Å². The Morgan fingerprint density at radius 2 is 2.25 bits per heavy atom. The second kappa shape index (κ2) is 3.48. The maximum atomic E-state index is 11.5. The van der Waals surface area contributed by atoms with Crippen LogP contribution in [0.2, 0.25) is 0 Å².